The van der Waals surface area contributed by atoms with E-state index in [0.717, 1.165) is 37.7 Å². The zero-order valence-electron chi connectivity index (χ0n) is 15.2. The van der Waals surface area contributed by atoms with Gasteiger partial charge in [0.2, 0.25) is 0 Å². The first-order chi connectivity index (χ1) is 10.7. The number of methoxy groups -OCH3 is 1. The molecule has 0 aliphatic carbocycles. The minimum atomic E-state index is 0. The highest BCUT2D eigenvalue weighted by Crippen LogP contribution is 2.36. The molecule has 1 unspecified atom stereocenters. The summed E-state index contributed by atoms with van der Waals surface area (Å²) >= 11 is 0. The molecule has 1 aliphatic rings. The molecule has 1 fully saturated rings. The van der Waals surface area contributed by atoms with Gasteiger partial charge in [-0.05, 0) is 30.5 Å². The molecule has 2 atom stereocenters. The number of piperazine rings is 1. The molecule has 0 bridgehead atoms. The number of ether oxygens (including phenoxy) is 2. The summed E-state index contributed by atoms with van der Waals surface area (Å²) in [5.41, 5.74) is 1.33. The van der Waals surface area contributed by atoms with Crippen molar-refractivity contribution in [3.8, 4) is 11.5 Å². The molecule has 1 saturated heterocycles. The normalized spacial score (nSPS) is 17.2. The molecule has 6 heteroatoms. The number of hydrogen-bond acceptors (Lipinski definition) is 4. The van der Waals surface area contributed by atoms with Gasteiger partial charge in [-0.15, -0.1) is 24.8 Å². The molecule has 24 heavy (non-hydrogen) atoms. The van der Waals surface area contributed by atoms with Crippen LogP contribution in [0.5, 0.6) is 11.5 Å². The Labute approximate surface area is 159 Å². The number of halogens is 2. The van der Waals surface area contributed by atoms with Gasteiger partial charge in [0.15, 0.2) is 11.5 Å². The maximum atomic E-state index is 5.76. The lowest BCUT2D eigenvalue weighted by molar-refractivity contribution is 0.128. The van der Waals surface area contributed by atoms with Gasteiger partial charge >= 0.3 is 0 Å². The van der Waals surface area contributed by atoms with Crippen LogP contribution in [0.2, 0.25) is 0 Å². The highest BCUT2D eigenvalue weighted by atomic mass is 35.5. The molecule has 1 heterocycles. The van der Waals surface area contributed by atoms with E-state index in [0.29, 0.717) is 18.6 Å². The fourth-order valence-electron chi connectivity index (χ4n) is 3.23. The van der Waals surface area contributed by atoms with E-state index in [2.05, 4.69) is 36.2 Å². The van der Waals surface area contributed by atoms with Gasteiger partial charge in [0.25, 0.3) is 0 Å². The van der Waals surface area contributed by atoms with Crippen molar-refractivity contribution in [2.24, 2.45) is 5.92 Å². The Morgan fingerprint density at radius 3 is 2.33 bits per heavy atom. The Morgan fingerprint density at radius 2 is 1.79 bits per heavy atom. The van der Waals surface area contributed by atoms with Crippen molar-refractivity contribution in [2.45, 2.75) is 33.2 Å². The highest BCUT2D eigenvalue weighted by Gasteiger charge is 2.27. The molecule has 1 N–H and O–H groups in total. The summed E-state index contributed by atoms with van der Waals surface area (Å²) in [5, 5.41) is 3.44. The van der Waals surface area contributed by atoms with Crippen LogP contribution in [-0.2, 0) is 0 Å². The Morgan fingerprint density at radius 1 is 1.12 bits per heavy atom. The van der Waals surface area contributed by atoms with Crippen LogP contribution in [0.3, 0.4) is 0 Å². The predicted octanol–water partition coefficient (Wildman–Crippen LogP) is 3.93. The molecule has 1 aliphatic heterocycles. The average molecular weight is 379 g/mol. The molecule has 0 saturated carbocycles. The van der Waals surface area contributed by atoms with Crippen molar-refractivity contribution >= 4 is 24.8 Å². The predicted molar refractivity (Wildman–Crippen MR) is 105 cm³/mol. The number of nitrogens with zero attached hydrogens (tertiary/aromatic N) is 1. The number of hydrogen-bond donors (Lipinski definition) is 1. The summed E-state index contributed by atoms with van der Waals surface area (Å²) in [6.07, 6.45) is 1.17. The van der Waals surface area contributed by atoms with Gasteiger partial charge in [-0.1, -0.05) is 26.3 Å². The first-order valence-corrected chi connectivity index (χ1v) is 8.46. The van der Waals surface area contributed by atoms with E-state index >= 15 is 0 Å². The van der Waals surface area contributed by atoms with Crippen LogP contribution in [0.1, 0.15) is 38.8 Å². The van der Waals surface area contributed by atoms with E-state index in [1.54, 1.807) is 7.11 Å². The maximum Gasteiger partial charge on any atom is 0.161 e. The van der Waals surface area contributed by atoms with E-state index in [-0.39, 0.29) is 24.8 Å². The fourth-order valence-corrected chi connectivity index (χ4v) is 3.23. The Hall–Kier alpha value is -0.680. The SMILES string of the molecule is CCOc1cc([C@H](C(C)CC)N2CCNCC2)ccc1OC.Cl.Cl. The second kappa shape index (κ2) is 11.8. The molecular formula is C18H32Cl2N2O2. The van der Waals surface area contributed by atoms with Crippen LogP contribution in [0.4, 0.5) is 0 Å². The molecule has 0 radical (unpaired) electrons. The molecule has 1 aromatic rings. The third-order valence-electron chi connectivity index (χ3n) is 4.56. The van der Waals surface area contributed by atoms with Crippen LogP contribution in [-0.4, -0.2) is 44.8 Å². The monoisotopic (exact) mass is 378 g/mol. The summed E-state index contributed by atoms with van der Waals surface area (Å²) in [6.45, 7) is 11.6. The zero-order chi connectivity index (χ0) is 15.9. The zero-order valence-corrected chi connectivity index (χ0v) is 16.8. The van der Waals surface area contributed by atoms with Crippen molar-refractivity contribution in [3.63, 3.8) is 0 Å². The van der Waals surface area contributed by atoms with E-state index in [1.165, 1.54) is 12.0 Å². The van der Waals surface area contributed by atoms with E-state index in [9.17, 15) is 0 Å². The molecular weight excluding hydrogens is 347 g/mol. The topological polar surface area (TPSA) is 33.7 Å². The van der Waals surface area contributed by atoms with Gasteiger partial charge in [0.05, 0.1) is 13.7 Å². The molecule has 1 aromatic carbocycles. The Kier molecular flexibility index (Phi) is 11.5. The van der Waals surface area contributed by atoms with Gasteiger partial charge < -0.3 is 14.8 Å². The summed E-state index contributed by atoms with van der Waals surface area (Å²) < 4.78 is 11.2. The molecule has 0 spiro atoms. The molecule has 0 amide bonds. The summed E-state index contributed by atoms with van der Waals surface area (Å²) in [6, 6.07) is 6.84. The maximum absolute atomic E-state index is 5.76. The van der Waals surface area contributed by atoms with Gasteiger partial charge in [-0.3, -0.25) is 4.90 Å². The van der Waals surface area contributed by atoms with E-state index < -0.39 is 0 Å². The summed E-state index contributed by atoms with van der Waals surface area (Å²) in [5.74, 6) is 2.28. The molecule has 0 aromatic heterocycles. The molecule has 4 nitrogen and oxygen atoms in total. The Balaban J connectivity index is 0.00000264. The van der Waals surface area contributed by atoms with Gasteiger partial charge in [0, 0.05) is 32.2 Å². The van der Waals surface area contributed by atoms with Crippen molar-refractivity contribution in [3.05, 3.63) is 23.8 Å². The minimum Gasteiger partial charge on any atom is -0.493 e. The first kappa shape index (κ1) is 23.3. The van der Waals surface area contributed by atoms with Crippen LogP contribution >= 0.6 is 24.8 Å². The lowest BCUT2D eigenvalue weighted by atomic mass is 9.90. The van der Waals surface area contributed by atoms with Crippen molar-refractivity contribution < 1.29 is 9.47 Å². The lowest BCUT2D eigenvalue weighted by Crippen LogP contribution is -2.46. The Bertz CT molecular complexity index is 468. The lowest BCUT2D eigenvalue weighted by Gasteiger charge is -2.38. The molecule has 140 valence electrons. The molecule has 2 rings (SSSR count). The number of nitrogens with one attached hydrogen (secondary N) is 1. The largest absolute Gasteiger partial charge is 0.493 e. The summed E-state index contributed by atoms with van der Waals surface area (Å²) in [4.78, 5) is 2.60. The van der Waals surface area contributed by atoms with Gasteiger partial charge in [-0.2, -0.15) is 0 Å². The first-order valence-electron chi connectivity index (χ1n) is 8.46. The van der Waals surface area contributed by atoms with Crippen LogP contribution in [0, 0.1) is 5.92 Å². The van der Waals surface area contributed by atoms with Crippen LogP contribution in [0.25, 0.3) is 0 Å². The summed E-state index contributed by atoms with van der Waals surface area (Å²) in [7, 11) is 1.69. The van der Waals surface area contributed by atoms with E-state index in [4.69, 9.17) is 9.47 Å². The van der Waals surface area contributed by atoms with E-state index in [1.807, 2.05) is 13.0 Å². The second-order valence-electron chi connectivity index (χ2n) is 5.96. The average Bonchev–Trinajstić information content (AvgIpc) is 2.56. The highest BCUT2D eigenvalue weighted by molar-refractivity contribution is 5.85. The van der Waals surface area contributed by atoms with Gasteiger partial charge in [0.1, 0.15) is 0 Å². The standard InChI is InChI=1S/C18H30N2O2.2ClH/c1-5-14(3)18(20-11-9-19-10-12-20)15-7-8-16(21-4)17(13-15)22-6-2;;/h7-8,13-14,18-19H,5-6,9-12H2,1-4H3;2*1H/t14?,18-;;/m0../s1. The number of benzene rings is 1. The second-order valence-corrected chi connectivity index (χ2v) is 5.96. The third-order valence-corrected chi connectivity index (χ3v) is 4.56. The van der Waals surface area contributed by atoms with Crippen molar-refractivity contribution in [1.82, 2.24) is 10.2 Å². The quantitative estimate of drug-likeness (QED) is 0.778. The fraction of sp³-hybridized carbons (Fsp3) is 0.667. The van der Waals surface area contributed by atoms with Gasteiger partial charge in [-0.25, -0.2) is 0 Å². The third kappa shape index (κ3) is 5.69. The smallest absolute Gasteiger partial charge is 0.161 e. The van der Waals surface area contributed by atoms with Crippen LogP contribution < -0.4 is 14.8 Å². The minimum absolute atomic E-state index is 0. The van der Waals surface area contributed by atoms with Crippen molar-refractivity contribution in [2.75, 3.05) is 39.9 Å². The van der Waals surface area contributed by atoms with Crippen molar-refractivity contribution in [1.29, 1.82) is 0 Å². The van der Waals surface area contributed by atoms with Crippen LogP contribution in [0.15, 0.2) is 18.2 Å². The number of rotatable bonds is 7.